The average Bonchev–Trinajstić information content (AvgIpc) is 2.87. The van der Waals surface area contributed by atoms with E-state index in [9.17, 15) is 4.79 Å². The molecule has 2 heterocycles. The largest absolute Gasteiger partial charge is 0.486 e. The summed E-state index contributed by atoms with van der Waals surface area (Å²) in [5.41, 5.74) is 0.521. The van der Waals surface area contributed by atoms with Crippen LogP contribution in [0.3, 0.4) is 0 Å². The van der Waals surface area contributed by atoms with Gasteiger partial charge in [-0.3, -0.25) is 0 Å². The normalized spacial score (nSPS) is 13.3. The first-order valence-electron chi connectivity index (χ1n) is 5.21. The van der Waals surface area contributed by atoms with E-state index in [2.05, 4.69) is 10.1 Å². The number of hydrogen-bond acceptors (Lipinski definition) is 6. The predicted molar refractivity (Wildman–Crippen MR) is 57.7 cm³/mol. The smallest absolute Gasteiger partial charge is 0.377 e. The molecule has 1 aromatic carbocycles. The van der Waals surface area contributed by atoms with E-state index in [1.807, 2.05) is 0 Å². The molecule has 0 amide bonds. The van der Waals surface area contributed by atoms with Gasteiger partial charge in [0.25, 0.3) is 11.7 Å². The minimum absolute atomic E-state index is 0.0924. The van der Waals surface area contributed by atoms with Crippen molar-refractivity contribution in [2.45, 2.75) is 0 Å². The summed E-state index contributed by atoms with van der Waals surface area (Å²) in [5.74, 6) is -0.473. The SMILES string of the molecule is O=C(O)c1noc(-c2cccc3c2OCCO3)n1. The molecular formula is C11H8N2O5. The number of ether oxygens (including phenoxy) is 2. The highest BCUT2D eigenvalue weighted by Crippen LogP contribution is 2.38. The van der Waals surface area contributed by atoms with Crippen molar-refractivity contribution in [2.75, 3.05) is 13.2 Å². The van der Waals surface area contributed by atoms with Crippen LogP contribution in [0, 0.1) is 0 Å². The molecule has 0 spiro atoms. The highest BCUT2D eigenvalue weighted by molar-refractivity contribution is 5.83. The number of benzene rings is 1. The minimum Gasteiger partial charge on any atom is -0.486 e. The van der Waals surface area contributed by atoms with E-state index in [0.29, 0.717) is 30.3 Å². The Bertz CT molecular complexity index is 607. The summed E-state index contributed by atoms with van der Waals surface area (Å²) in [6, 6.07) is 5.20. The summed E-state index contributed by atoms with van der Waals surface area (Å²) in [5, 5.41) is 12.1. The van der Waals surface area contributed by atoms with Gasteiger partial charge >= 0.3 is 5.97 Å². The fourth-order valence-corrected chi connectivity index (χ4v) is 1.66. The molecule has 0 radical (unpaired) electrons. The fraction of sp³-hybridized carbons (Fsp3) is 0.182. The summed E-state index contributed by atoms with van der Waals surface area (Å²) in [4.78, 5) is 14.5. The molecule has 3 rings (SSSR count). The summed E-state index contributed by atoms with van der Waals surface area (Å²) >= 11 is 0. The molecule has 1 aromatic heterocycles. The first-order valence-corrected chi connectivity index (χ1v) is 5.21. The molecule has 2 aromatic rings. The van der Waals surface area contributed by atoms with Crippen molar-refractivity contribution in [3.05, 3.63) is 24.0 Å². The number of carbonyl (C=O) groups is 1. The van der Waals surface area contributed by atoms with Crippen molar-refractivity contribution in [1.82, 2.24) is 10.1 Å². The van der Waals surface area contributed by atoms with E-state index in [1.54, 1.807) is 18.2 Å². The Balaban J connectivity index is 2.08. The van der Waals surface area contributed by atoms with Crippen molar-refractivity contribution in [1.29, 1.82) is 0 Å². The Morgan fingerprint density at radius 3 is 2.89 bits per heavy atom. The third kappa shape index (κ3) is 1.65. The third-order valence-corrected chi connectivity index (χ3v) is 2.41. The second-order valence-electron chi connectivity index (χ2n) is 3.56. The van der Waals surface area contributed by atoms with Crippen molar-refractivity contribution in [3.63, 3.8) is 0 Å². The molecule has 0 unspecified atom stereocenters. The second kappa shape index (κ2) is 4.02. The summed E-state index contributed by atoms with van der Waals surface area (Å²) in [6.45, 7) is 0.893. The quantitative estimate of drug-likeness (QED) is 0.853. The maximum Gasteiger partial charge on any atom is 0.377 e. The maximum atomic E-state index is 10.7. The molecule has 0 fully saturated rings. The minimum atomic E-state index is -1.24. The Morgan fingerprint density at radius 1 is 1.28 bits per heavy atom. The molecule has 1 aliphatic rings. The van der Waals surface area contributed by atoms with Gasteiger partial charge in [-0.1, -0.05) is 6.07 Å². The van der Waals surface area contributed by atoms with E-state index in [-0.39, 0.29) is 11.7 Å². The molecule has 7 heteroatoms. The number of nitrogens with zero attached hydrogens (tertiary/aromatic N) is 2. The molecule has 92 valence electrons. The molecule has 18 heavy (non-hydrogen) atoms. The monoisotopic (exact) mass is 248 g/mol. The number of carboxylic acids is 1. The zero-order chi connectivity index (χ0) is 12.5. The lowest BCUT2D eigenvalue weighted by molar-refractivity contribution is 0.0680. The van der Waals surface area contributed by atoms with Gasteiger partial charge in [-0.25, -0.2) is 4.79 Å². The van der Waals surface area contributed by atoms with Gasteiger partial charge in [-0.2, -0.15) is 4.98 Å². The lowest BCUT2D eigenvalue weighted by atomic mass is 10.1. The number of hydrogen-bond donors (Lipinski definition) is 1. The molecule has 1 aliphatic heterocycles. The van der Waals surface area contributed by atoms with Gasteiger partial charge < -0.3 is 19.1 Å². The third-order valence-electron chi connectivity index (χ3n) is 2.41. The predicted octanol–water partition coefficient (Wildman–Crippen LogP) is 1.21. The van der Waals surface area contributed by atoms with Crippen molar-refractivity contribution in [2.24, 2.45) is 0 Å². The van der Waals surface area contributed by atoms with Crippen LogP contribution in [0.4, 0.5) is 0 Å². The van der Waals surface area contributed by atoms with E-state index < -0.39 is 5.97 Å². The molecule has 0 aliphatic carbocycles. The fourth-order valence-electron chi connectivity index (χ4n) is 1.66. The summed E-state index contributed by atoms with van der Waals surface area (Å²) < 4.78 is 15.8. The Kier molecular flexibility index (Phi) is 2.36. The number of aromatic carboxylic acids is 1. The maximum absolute atomic E-state index is 10.7. The van der Waals surface area contributed by atoms with Crippen LogP contribution >= 0.6 is 0 Å². The van der Waals surface area contributed by atoms with Crippen LogP contribution in [-0.4, -0.2) is 34.4 Å². The van der Waals surface area contributed by atoms with Crippen LogP contribution in [0.5, 0.6) is 11.5 Å². The summed E-state index contributed by atoms with van der Waals surface area (Å²) in [7, 11) is 0. The standard InChI is InChI=1S/C11H8N2O5/c14-11(15)9-12-10(18-13-9)6-2-1-3-7-8(6)17-5-4-16-7/h1-3H,4-5H2,(H,14,15). The van der Waals surface area contributed by atoms with E-state index in [0.717, 1.165) is 0 Å². The molecule has 0 saturated heterocycles. The van der Waals surface area contributed by atoms with Crippen molar-refractivity contribution < 1.29 is 23.9 Å². The highest BCUT2D eigenvalue weighted by atomic mass is 16.6. The van der Waals surface area contributed by atoms with E-state index in [4.69, 9.17) is 19.1 Å². The lowest BCUT2D eigenvalue weighted by Gasteiger charge is -2.19. The van der Waals surface area contributed by atoms with Crippen LogP contribution in [0.25, 0.3) is 11.5 Å². The molecule has 1 N–H and O–H groups in total. The first-order chi connectivity index (χ1) is 8.75. The highest BCUT2D eigenvalue weighted by Gasteiger charge is 2.22. The number of rotatable bonds is 2. The molecular weight excluding hydrogens is 240 g/mol. The van der Waals surface area contributed by atoms with E-state index >= 15 is 0 Å². The molecule has 0 atom stereocenters. The van der Waals surface area contributed by atoms with Gasteiger partial charge in [-0.15, -0.1) is 0 Å². The number of aromatic nitrogens is 2. The molecule has 7 nitrogen and oxygen atoms in total. The van der Waals surface area contributed by atoms with Gasteiger partial charge in [-0.05, 0) is 17.3 Å². The lowest BCUT2D eigenvalue weighted by Crippen LogP contribution is -2.15. The van der Waals surface area contributed by atoms with Gasteiger partial charge in [0.2, 0.25) is 0 Å². The Labute approximate surface area is 101 Å². The van der Waals surface area contributed by atoms with Gasteiger partial charge in [0.15, 0.2) is 11.5 Å². The van der Waals surface area contributed by atoms with Crippen LogP contribution in [-0.2, 0) is 0 Å². The van der Waals surface area contributed by atoms with Gasteiger partial charge in [0.05, 0.1) is 5.56 Å². The number of carboxylic acid groups (broad SMARTS) is 1. The molecule has 0 saturated carbocycles. The van der Waals surface area contributed by atoms with Crippen LogP contribution in [0.15, 0.2) is 22.7 Å². The first kappa shape index (κ1) is 10.6. The van der Waals surface area contributed by atoms with E-state index in [1.165, 1.54) is 0 Å². The zero-order valence-electron chi connectivity index (χ0n) is 9.12. The van der Waals surface area contributed by atoms with Gasteiger partial charge in [0, 0.05) is 0 Å². The average molecular weight is 248 g/mol. The second-order valence-corrected chi connectivity index (χ2v) is 3.56. The zero-order valence-corrected chi connectivity index (χ0v) is 9.12. The molecule has 0 bridgehead atoms. The van der Waals surface area contributed by atoms with Gasteiger partial charge in [0.1, 0.15) is 13.2 Å². The van der Waals surface area contributed by atoms with Crippen LogP contribution in [0.2, 0.25) is 0 Å². The summed E-state index contributed by atoms with van der Waals surface area (Å²) in [6.07, 6.45) is 0. The Morgan fingerprint density at radius 2 is 2.11 bits per heavy atom. The van der Waals surface area contributed by atoms with Crippen LogP contribution in [0.1, 0.15) is 10.6 Å². The van der Waals surface area contributed by atoms with Crippen molar-refractivity contribution in [3.8, 4) is 23.0 Å². The number of para-hydroxylation sites is 1. The van der Waals surface area contributed by atoms with Crippen molar-refractivity contribution >= 4 is 5.97 Å². The van der Waals surface area contributed by atoms with Crippen LogP contribution < -0.4 is 9.47 Å². The Hall–Kier alpha value is -2.57. The number of fused-ring (bicyclic) bond motifs is 1. The topological polar surface area (TPSA) is 94.7 Å².